The van der Waals surface area contributed by atoms with Crippen LogP contribution in [0.1, 0.15) is 47.5 Å². The van der Waals surface area contributed by atoms with Crippen molar-refractivity contribution in [2.75, 3.05) is 66.1 Å². The second kappa shape index (κ2) is 44.5. The molecule has 0 radical (unpaired) electrons. The van der Waals surface area contributed by atoms with Crippen molar-refractivity contribution in [3.05, 3.63) is 7.43 Å². The van der Waals surface area contributed by atoms with Crippen LogP contribution >= 0.6 is 0 Å². The first kappa shape index (κ1) is 37.0. The zero-order valence-electron chi connectivity index (χ0n) is 17.8. The van der Waals surface area contributed by atoms with Crippen LogP contribution in [0.2, 0.25) is 0 Å². The van der Waals surface area contributed by atoms with Gasteiger partial charge in [-0.1, -0.05) is 34.6 Å². The van der Waals surface area contributed by atoms with Crippen molar-refractivity contribution < 1.29 is 49.5 Å². The maximum absolute atomic E-state index is 9.88. The molecule has 0 fully saturated rings. The Kier molecular flexibility index (Phi) is 63.3. The predicted octanol–water partition coefficient (Wildman–Crippen LogP) is 3.48. The third-order valence-electron chi connectivity index (χ3n) is 2.18. The van der Waals surface area contributed by atoms with Crippen molar-refractivity contribution in [1.29, 1.82) is 0 Å². The van der Waals surface area contributed by atoms with Gasteiger partial charge < -0.3 is 35.9 Å². The average molecular weight is 550 g/mol. The molecule has 26 heavy (non-hydrogen) atoms. The summed E-state index contributed by atoms with van der Waals surface area (Å²) in [6, 6.07) is 0. The number of hydrogen-bond donors (Lipinski definition) is 0. The molecule has 0 N–H and O–H groups in total. The number of hydrogen-bond acceptors (Lipinski definition) is 6. The van der Waals surface area contributed by atoms with E-state index in [-0.39, 0.29) is 28.5 Å². The maximum Gasteiger partial charge on any atom is 2.00 e. The van der Waals surface area contributed by atoms with Gasteiger partial charge in [0.2, 0.25) is 0 Å². The van der Waals surface area contributed by atoms with Crippen LogP contribution in [0.15, 0.2) is 0 Å². The van der Waals surface area contributed by atoms with Gasteiger partial charge in [-0.05, 0) is 6.42 Å². The fourth-order valence-corrected chi connectivity index (χ4v) is 1.24. The first-order valence-electron chi connectivity index (χ1n) is 9.15. The normalized spacial score (nSPS) is 8.81. The first-order chi connectivity index (χ1) is 11.9. The van der Waals surface area contributed by atoms with E-state index in [1.165, 1.54) is 0 Å². The van der Waals surface area contributed by atoms with Gasteiger partial charge in [0.05, 0.1) is 52.9 Å². The standard InChI is InChI=1S/C14H27O6.2C2H6.CH3.W/c1-2-5-16-7-9-18-11-13-20-14-12-19-10-8-17-6-3-4-15;2*1-2;;/h2-3,5-14H2,1H3;2*1-2H3;1H3;/q-1;;;-1;+2. The molecule has 0 bridgehead atoms. The molecule has 0 heterocycles. The molecule has 0 aliphatic carbocycles. The topological polar surface area (TPSA) is 63.2 Å². The summed E-state index contributed by atoms with van der Waals surface area (Å²) in [5, 5.41) is 0. The van der Waals surface area contributed by atoms with Crippen molar-refractivity contribution in [3.63, 3.8) is 0 Å². The van der Waals surface area contributed by atoms with Crippen molar-refractivity contribution in [3.8, 4) is 0 Å². The molecule has 0 saturated heterocycles. The second-order valence-electron chi connectivity index (χ2n) is 3.96. The predicted molar refractivity (Wildman–Crippen MR) is 104 cm³/mol. The van der Waals surface area contributed by atoms with E-state index in [9.17, 15) is 4.79 Å². The van der Waals surface area contributed by atoms with E-state index in [2.05, 4.69) is 6.92 Å². The summed E-state index contributed by atoms with van der Waals surface area (Å²) < 4.78 is 26.3. The van der Waals surface area contributed by atoms with Crippen molar-refractivity contribution in [2.24, 2.45) is 0 Å². The van der Waals surface area contributed by atoms with Gasteiger partial charge in [-0.2, -0.15) is 0 Å². The molecule has 0 rings (SSSR count). The van der Waals surface area contributed by atoms with E-state index in [1.807, 2.05) is 27.7 Å². The van der Waals surface area contributed by atoms with Gasteiger partial charge in [0.1, 0.15) is 0 Å². The molecule has 0 atom stereocenters. The minimum absolute atomic E-state index is 0. The number of ether oxygens (including phenoxy) is 5. The van der Waals surface area contributed by atoms with Gasteiger partial charge in [-0.15, -0.1) is 6.42 Å². The van der Waals surface area contributed by atoms with Crippen molar-refractivity contribution in [2.45, 2.75) is 47.5 Å². The summed E-state index contributed by atoms with van der Waals surface area (Å²) in [6.07, 6.45) is 3.11. The van der Waals surface area contributed by atoms with Gasteiger partial charge >= 0.3 is 21.1 Å². The minimum atomic E-state index is 0. The maximum atomic E-state index is 9.88. The molecule has 6 nitrogen and oxygen atoms in total. The molecule has 0 aromatic carbocycles. The van der Waals surface area contributed by atoms with Gasteiger partial charge in [0.15, 0.2) is 0 Å². The third kappa shape index (κ3) is 44.0. The summed E-state index contributed by atoms with van der Waals surface area (Å²) in [5.41, 5.74) is 0. The molecular weight excluding hydrogens is 508 g/mol. The van der Waals surface area contributed by atoms with E-state index in [1.54, 1.807) is 6.29 Å². The van der Waals surface area contributed by atoms with Crippen molar-refractivity contribution in [1.82, 2.24) is 0 Å². The molecule has 0 saturated carbocycles. The monoisotopic (exact) mass is 550 g/mol. The molecule has 7 heteroatoms. The van der Waals surface area contributed by atoms with E-state index >= 15 is 0 Å². The zero-order valence-corrected chi connectivity index (χ0v) is 20.8. The largest absolute Gasteiger partial charge is 2.00 e. The fourth-order valence-electron chi connectivity index (χ4n) is 1.24. The summed E-state index contributed by atoms with van der Waals surface area (Å²) in [7, 11) is 0. The van der Waals surface area contributed by atoms with Crippen LogP contribution in [0.5, 0.6) is 0 Å². The Morgan fingerprint density at radius 3 is 1.12 bits per heavy atom. The van der Waals surface area contributed by atoms with E-state index < -0.39 is 0 Å². The molecule has 0 aliphatic heterocycles. The second-order valence-corrected chi connectivity index (χ2v) is 3.96. The van der Waals surface area contributed by atoms with Crippen LogP contribution in [0.25, 0.3) is 0 Å². The fraction of sp³-hybridized carbons (Fsp3) is 0.895. The minimum Gasteiger partial charge on any atom is -0.542 e. The Labute approximate surface area is 176 Å². The summed E-state index contributed by atoms with van der Waals surface area (Å²) in [6.45, 7) is 15.7. The Balaban J connectivity index is -0.000000227. The molecule has 0 aromatic rings. The van der Waals surface area contributed by atoms with Gasteiger partial charge in [0, 0.05) is 13.2 Å². The third-order valence-corrected chi connectivity index (χ3v) is 2.18. The quantitative estimate of drug-likeness (QED) is 0.204. The van der Waals surface area contributed by atoms with Crippen LogP contribution in [-0.2, 0) is 49.5 Å². The van der Waals surface area contributed by atoms with E-state index in [0.717, 1.165) is 13.0 Å². The summed E-state index contributed by atoms with van der Waals surface area (Å²) in [5.74, 6) is 0. The Hall–Kier alpha value is 0.158. The van der Waals surface area contributed by atoms with Crippen molar-refractivity contribution >= 4 is 6.29 Å². The molecule has 0 unspecified atom stereocenters. The van der Waals surface area contributed by atoms with Crippen LogP contribution in [0.3, 0.4) is 0 Å². The van der Waals surface area contributed by atoms with Crippen LogP contribution in [-0.4, -0.2) is 72.4 Å². The Morgan fingerprint density at radius 2 is 0.846 bits per heavy atom. The molecule has 0 spiro atoms. The van der Waals surface area contributed by atoms with Crippen LogP contribution in [0.4, 0.5) is 0 Å². The summed E-state index contributed by atoms with van der Waals surface area (Å²) >= 11 is 0. The Morgan fingerprint density at radius 1 is 0.577 bits per heavy atom. The zero-order chi connectivity index (χ0) is 18.7. The molecular formula is C19H42O6W. The molecule has 0 aliphatic rings. The number of rotatable bonds is 17. The van der Waals surface area contributed by atoms with Gasteiger partial charge in [-0.25, -0.2) is 0 Å². The van der Waals surface area contributed by atoms with Crippen LogP contribution in [0, 0.1) is 7.43 Å². The SMILES string of the molecule is CC.CC.CCCOCCOCCOCCOCCOCC[C-]=O.[CH3-].[W+2]. The Bertz CT molecular complexity index is 197. The summed E-state index contributed by atoms with van der Waals surface area (Å²) in [4.78, 5) is 9.88. The van der Waals surface area contributed by atoms with Crippen LogP contribution < -0.4 is 0 Å². The van der Waals surface area contributed by atoms with Gasteiger partial charge in [0.25, 0.3) is 0 Å². The molecule has 160 valence electrons. The van der Waals surface area contributed by atoms with E-state index in [0.29, 0.717) is 65.9 Å². The molecule has 0 amide bonds. The average Bonchev–Trinajstić information content (AvgIpc) is 2.65. The smallest absolute Gasteiger partial charge is 0.542 e. The van der Waals surface area contributed by atoms with E-state index in [4.69, 9.17) is 23.7 Å². The molecule has 0 aromatic heterocycles. The van der Waals surface area contributed by atoms with Gasteiger partial charge in [-0.3, -0.25) is 6.29 Å². The number of carbonyl (C=O) groups excluding carboxylic acids is 1. The first-order valence-corrected chi connectivity index (χ1v) is 9.15.